The van der Waals surface area contributed by atoms with E-state index in [0.29, 0.717) is 24.3 Å². The molecular weight excluding hydrogens is 340 g/mol. The highest BCUT2D eigenvalue weighted by molar-refractivity contribution is 7.09. The maximum Gasteiger partial charge on any atom is 0.335 e. The molecule has 0 fully saturated rings. The van der Waals surface area contributed by atoms with E-state index >= 15 is 0 Å². The van der Waals surface area contributed by atoms with Crippen LogP contribution in [0.4, 0.5) is 5.69 Å². The van der Waals surface area contributed by atoms with Crippen molar-refractivity contribution in [2.75, 3.05) is 5.32 Å². The number of ether oxygens (including phenoxy) is 1. The third-order valence-corrected chi connectivity index (χ3v) is 4.19. The van der Waals surface area contributed by atoms with Gasteiger partial charge in [0.2, 0.25) is 5.91 Å². The fraction of sp³-hybridized carbons (Fsp3) is 0.389. The van der Waals surface area contributed by atoms with Crippen molar-refractivity contribution in [3.05, 3.63) is 39.8 Å². The van der Waals surface area contributed by atoms with Gasteiger partial charge in [0.1, 0.15) is 5.75 Å². The Kier molecular flexibility index (Phi) is 6.52. The number of carbonyl (C=O) groups excluding carboxylic acids is 1. The number of benzene rings is 1. The number of carbonyl (C=O) groups is 2. The van der Waals surface area contributed by atoms with Gasteiger partial charge >= 0.3 is 5.97 Å². The molecule has 6 nitrogen and oxygen atoms in total. The van der Waals surface area contributed by atoms with Crippen LogP contribution in [0.2, 0.25) is 0 Å². The van der Waals surface area contributed by atoms with Crippen molar-refractivity contribution in [3.8, 4) is 5.75 Å². The van der Waals surface area contributed by atoms with Crippen molar-refractivity contribution in [3.63, 3.8) is 0 Å². The topological polar surface area (TPSA) is 88.5 Å². The van der Waals surface area contributed by atoms with Gasteiger partial charge in [0.25, 0.3) is 0 Å². The third-order valence-electron chi connectivity index (χ3n) is 3.37. The molecule has 0 aliphatic rings. The molecule has 0 atom stereocenters. The SMILES string of the molecule is Cc1nc(CCCC(=O)Nc2cc(C(=O)O)ccc2OC(C)C)cs1. The van der Waals surface area contributed by atoms with E-state index in [4.69, 9.17) is 9.84 Å². The molecule has 0 unspecified atom stereocenters. The monoisotopic (exact) mass is 362 g/mol. The van der Waals surface area contributed by atoms with Crippen LogP contribution in [0.15, 0.2) is 23.6 Å². The average Bonchev–Trinajstić information content (AvgIpc) is 2.93. The Balaban J connectivity index is 1.99. The van der Waals surface area contributed by atoms with Crippen LogP contribution < -0.4 is 10.1 Å². The smallest absolute Gasteiger partial charge is 0.335 e. The highest BCUT2D eigenvalue weighted by Crippen LogP contribution is 2.27. The van der Waals surface area contributed by atoms with Crippen LogP contribution >= 0.6 is 11.3 Å². The second-order valence-corrected chi connectivity index (χ2v) is 7.00. The highest BCUT2D eigenvalue weighted by atomic mass is 32.1. The predicted octanol–water partition coefficient (Wildman–Crippen LogP) is 3.90. The molecule has 2 rings (SSSR count). The number of hydrogen-bond acceptors (Lipinski definition) is 5. The van der Waals surface area contributed by atoms with Crippen molar-refractivity contribution >= 4 is 28.9 Å². The summed E-state index contributed by atoms with van der Waals surface area (Å²) in [6, 6.07) is 4.44. The van der Waals surface area contributed by atoms with Gasteiger partial charge in [-0.25, -0.2) is 9.78 Å². The summed E-state index contributed by atoms with van der Waals surface area (Å²) in [5.74, 6) is -0.767. The second-order valence-electron chi connectivity index (χ2n) is 5.94. The minimum absolute atomic E-state index is 0.0840. The van der Waals surface area contributed by atoms with Crippen LogP contribution in [0.25, 0.3) is 0 Å². The summed E-state index contributed by atoms with van der Waals surface area (Å²) in [5.41, 5.74) is 1.47. The van der Waals surface area contributed by atoms with Gasteiger partial charge in [-0.1, -0.05) is 0 Å². The van der Waals surface area contributed by atoms with E-state index in [1.165, 1.54) is 12.1 Å². The third kappa shape index (κ3) is 5.86. The summed E-state index contributed by atoms with van der Waals surface area (Å²) < 4.78 is 5.64. The Bertz CT molecular complexity index is 755. The first kappa shape index (κ1) is 18.9. The van der Waals surface area contributed by atoms with Gasteiger partial charge in [0.15, 0.2) is 0 Å². The first-order valence-electron chi connectivity index (χ1n) is 8.10. The minimum Gasteiger partial charge on any atom is -0.489 e. The van der Waals surface area contributed by atoms with Crippen molar-refractivity contribution < 1.29 is 19.4 Å². The van der Waals surface area contributed by atoms with Crippen LogP contribution in [0.5, 0.6) is 5.75 Å². The van der Waals surface area contributed by atoms with E-state index in [2.05, 4.69) is 10.3 Å². The van der Waals surface area contributed by atoms with Crippen molar-refractivity contribution in [2.24, 2.45) is 0 Å². The Labute approximate surface area is 150 Å². The van der Waals surface area contributed by atoms with Crippen molar-refractivity contribution in [1.29, 1.82) is 0 Å². The molecule has 0 spiro atoms. The molecule has 1 aromatic heterocycles. The van der Waals surface area contributed by atoms with Crippen LogP contribution in [-0.4, -0.2) is 28.1 Å². The van der Waals surface area contributed by atoms with Gasteiger partial charge in [-0.3, -0.25) is 4.79 Å². The first-order valence-corrected chi connectivity index (χ1v) is 8.98. The molecule has 0 aliphatic heterocycles. The van der Waals surface area contributed by atoms with E-state index < -0.39 is 5.97 Å². The lowest BCUT2D eigenvalue weighted by Gasteiger charge is -2.15. The summed E-state index contributed by atoms with van der Waals surface area (Å²) in [5, 5.41) is 14.9. The van der Waals surface area contributed by atoms with E-state index in [-0.39, 0.29) is 17.6 Å². The fourth-order valence-corrected chi connectivity index (χ4v) is 2.93. The van der Waals surface area contributed by atoms with Gasteiger partial charge in [-0.05, 0) is 51.8 Å². The number of thiazole rings is 1. The highest BCUT2D eigenvalue weighted by Gasteiger charge is 2.13. The lowest BCUT2D eigenvalue weighted by Crippen LogP contribution is -2.15. The second kappa shape index (κ2) is 8.62. The average molecular weight is 362 g/mol. The first-order chi connectivity index (χ1) is 11.8. The molecule has 2 aromatic rings. The molecule has 0 radical (unpaired) electrons. The molecule has 0 aliphatic carbocycles. The molecule has 134 valence electrons. The molecular formula is C18H22N2O4S. The molecule has 1 heterocycles. The van der Waals surface area contributed by atoms with Gasteiger partial charge in [-0.2, -0.15) is 0 Å². The van der Waals surface area contributed by atoms with Crippen LogP contribution in [-0.2, 0) is 11.2 Å². The number of anilines is 1. The molecule has 1 amide bonds. The Hall–Kier alpha value is -2.41. The van der Waals surface area contributed by atoms with Crippen molar-refractivity contribution in [2.45, 2.75) is 46.1 Å². The Morgan fingerprint density at radius 1 is 1.36 bits per heavy atom. The number of nitrogens with one attached hydrogen (secondary N) is 1. The number of aryl methyl sites for hydroxylation is 2. The van der Waals surface area contributed by atoms with Gasteiger partial charge in [0, 0.05) is 11.8 Å². The van der Waals surface area contributed by atoms with E-state index in [1.807, 2.05) is 26.2 Å². The van der Waals surface area contributed by atoms with Gasteiger partial charge in [0.05, 0.1) is 28.1 Å². The molecule has 2 N–H and O–H groups in total. The summed E-state index contributed by atoms with van der Waals surface area (Å²) in [6.07, 6.45) is 1.66. The van der Waals surface area contributed by atoms with Crippen LogP contribution in [0.1, 0.15) is 47.7 Å². The normalized spacial score (nSPS) is 10.7. The van der Waals surface area contributed by atoms with E-state index in [9.17, 15) is 9.59 Å². The Morgan fingerprint density at radius 3 is 2.72 bits per heavy atom. The fourth-order valence-electron chi connectivity index (χ4n) is 2.28. The Morgan fingerprint density at radius 2 is 2.12 bits per heavy atom. The van der Waals surface area contributed by atoms with E-state index in [1.54, 1.807) is 17.4 Å². The maximum absolute atomic E-state index is 12.2. The summed E-state index contributed by atoms with van der Waals surface area (Å²) in [7, 11) is 0. The zero-order valence-corrected chi connectivity index (χ0v) is 15.4. The number of rotatable bonds is 8. The number of amides is 1. The number of carboxylic acids is 1. The quantitative estimate of drug-likeness (QED) is 0.743. The largest absolute Gasteiger partial charge is 0.489 e. The summed E-state index contributed by atoms with van der Waals surface area (Å²) in [4.78, 5) is 27.7. The molecule has 0 saturated heterocycles. The lowest BCUT2D eigenvalue weighted by atomic mass is 10.1. The number of hydrogen-bond donors (Lipinski definition) is 2. The number of carboxylic acid groups (broad SMARTS) is 1. The molecule has 0 bridgehead atoms. The van der Waals surface area contributed by atoms with Crippen LogP contribution in [0.3, 0.4) is 0 Å². The lowest BCUT2D eigenvalue weighted by molar-refractivity contribution is -0.116. The number of nitrogens with zero attached hydrogens (tertiary/aromatic N) is 1. The van der Waals surface area contributed by atoms with Crippen molar-refractivity contribution in [1.82, 2.24) is 4.98 Å². The molecule has 1 aromatic carbocycles. The van der Waals surface area contributed by atoms with Gasteiger partial charge in [-0.15, -0.1) is 11.3 Å². The van der Waals surface area contributed by atoms with Crippen LogP contribution in [0, 0.1) is 6.92 Å². The summed E-state index contributed by atoms with van der Waals surface area (Å²) >= 11 is 1.59. The number of aromatic carboxylic acids is 1. The molecule has 0 saturated carbocycles. The van der Waals surface area contributed by atoms with E-state index in [0.717, 1.165) is 17.1 Å². The number of aromatic nitrogens is 1. The van der Waals surface area contributed by atoms with Gasteiger partial charge < -0.3 is 15.2 Å². The zero-order valence-electron chi connectivity index (χ0n) is 14.5. The molecule has 7 heteroatoms. The predicted molar refractivity (Wildman–Crippen MR) is 97.6 cm³/mol. The maximum atomic E-state index is 12.2. The zero-order chi connectivity index (χ0) is 18.4. The standard InChI is InChI=1S/C18H22N2O4S/c1-11(2)24-16-8-7-13(18(22)23)9-15(16)20-17(21)6-4-5-14-10-25-12(3)19-14/h7-11H,4-6H2,1-3H3,(H,20,21)(H,22,23). The minimum atomic E-state index is -1.05. The summed E-state index contributed by atoms with van der Waals surface area (Å²) in [6.45, 7) is 5.69. The molecule has 25 heavy (non-hydrogen) atoms.